The summed E-state index contributed by atoms with van der Waals surface area (Å²) in [6, 6.07) is 4.52. The molecule has 1 aromatic rings. The van der Waals surface area contributed by atoms with Crippen LogP contribution in [0, 0.1) is 5.92 Å². The minimum Gasteiger partial charge on any atom is -0.474 e. The molecule has 4 nitrogen and oxygen atoms in total. The van der Waals surface area contributed by atoms with Gasteiger partial charge in [-0.25, -0.2) is 4.98 Å². The maximum Gasteiger partial charge on any atom is 0.213 e. The van der Waals surface area contributed by atoms with E-state index in [1.807, 2.05) is 26.0 Å². The molecule has 1 heterocycles. The molecule has 0 amide bonds. The van der Waals surface area contributed by atoms with Crippen molar-refractivity contribution in [1.29, 1.82) is 0 Å². The number of carbonyl (C=O) groups excluding carboxylic acids is 1. The highest BCUT2D eigenvalue weighted by molar-refractivity contribution is 5.80. The summed E-state index contributed by atoms with van der Waals surface area (Å²) in [5.41, 5.74) is 1.12. The number of hydrogen-bond donors (Lipinski definition) is 1. The molecule has 2 rings (SSSR count). The van der Waals surface area contributed by atoms with Crippen LogP contribution in [0.15, 0.2) is 18.3 Å². The third-order valence-corrected chi connectivity index (χ3v) is 3.98. The lowest BCUT2D eigenvalue weighted by Crippen LogP contribution is -2.46. The van der Waals surface area contributed by atoms with Crippen molar-refractivity contribution >= 4 is 5.78 Å². The van der Waals surface area contributed by atoms with Gasteiger partial charge in [0.05, 0.1) is 0 Å². The topological polar surface area (TPSA) is 51.2 Å². The van der Waals surface area contributed by atoms with Crippen LogP contribution in [0.3, 0.4) is 0 Å². The number of pyridine rings is 1. The fourth-order valence-electron chi connectivity index (χ4n) is 2.51. The van der Waals surface area contributed by atoms with Crippen molar-refractivity contribution in [3.63, 3.8) is 0 Å². The van der Waals surface area contributed by atoms with E-state index in [1.54, 1.807) is 6.20 Å². The first-order valence-electron chi connectivity index (χ1n) is 7.96. The summed E-state index contributed by atoms with van der Waals surface area (Å²) in [5, 5.41) is 3.41. The third-order valence-electron chi connectivity index (χ3n) is 3.98. The number of nitrogens with zero attached hydrogens (tertiary/aromatic N) is 1. The fraction of sp³-hybridized carbons (Fsp3) is 0.647. The summed E-state index contributed by atoms with van der Waals surface area (Å²) >= 11 is 0. The molecule has 1 aliphatic rings. The third kappa shape index (κ3) is 4.81. The quantitative estimate of drug-likeness (QED) is 0.800. The molecular formula is C17H26N2O2. The first-order valence-corrected chi connectivity index (χ1v) is 7.96. The lowest BCUT2D eigenvalue weighted by molar-refractivity contribution is -0.121. The lowest BCUT2D eigenvalue weighted by Gasteiger charge is -2.35. The maximum absolute atomic E-state index is 11.7. The number of nitrogens with one attached hydrogen (secondary N) is 1. The Morgan fingerprint density at radius 1 is 1.48 bits per heavy atom. The van der Waals surface area contributed by atoms with Gasteiger partial charge in [0.2, 0.25) is 5.88 Å². The normalized spacial score (nSPS) is 21.1. The van der Waals surface area contributed by atoms with E-state index in [2.05, 4.69) is 17.2 Å². The van der Waals surface area contributed by atoms with Gasteiger partial charge >= 0.3 is 0 Å². The van der Waals surface area contributed by atoms with Gasteiger partial charge in [-0.05, 0) is 37.4 Å². The zero-order valence-electron chi connectivity index (χ0n) is 13.3. The van der Waals surface area contributed by atoms with Crippen molar-refractivity contribution in [2.45, 2.75) is 58.6 Å². The van der Waals surface area contributed by atoms with Gasteiger partial charge in [0, 0.05) is 30.6 Å². The number of aryl methyl sites for hydroxylation is 1. The SMILES string of the molecule is CCN[C@H]1C[C@H](Oc2cc(CCC(=O)C(C)C)ccn2)C1. The van der Waals surface area contributed by atoms with Crippen molar-refractivity contribution in [3.05, 3.63) is 23.9 Å². The van der Waals surface area contributed by atoms with E-state index in [1.165, 1.54) is 0 Å². The predicted octanol–water partition coefficient (Wildman–Crippen LogP) is 2.76. The van der Waals surface area contributed by atoms with Crippen molar-refractivity contribution in [2.24, 2.45) is 5.92 Å². The molecule has 0 aliphatic heterocycles. The number of ether oxygens (including phenoxy) is 1. The van der Waals surface area contributed by atoms with Gasteiger partial charge in [-0.2, -0.15) is 0 Å². The average Bonchev–Trinajstić information content (AvgIpc) is 2.43. The number of hydrogen-bond acceptors (Lipinski definition) is 4. The molecule has 1 saturated carbocycles. The van der Waals surface area contributed by atoms with Gasteiger partial charge in [0.25, 0.3) is 0 Å². The monoisotopic (exact) mass is 290 g/mol. The molecule has 0 spiro atoms. The smallest absolute Gasteiger partial charge is 0.213 e. The predicted molar refractivity (Wildman–Crippen MR) is 83.5 cm³/mol. The highest BCUT2D eigenvalue weighted by atomic mass is 16.5. The van der Waals surface area contributed by atoms with Crippen molar-refractivity contribution in [1.82, 2.24) is 10.3 Å². The summed E-state index contributed by atoms with van der Waals surface area (Å²) < 4.78 is 5.89. The van der Waals surface area contributed by atoms with Crippen LogP contribution in [-0.2, 0) is 11.2 Å². The Morgan fingerprint density at radius 3 is 2.90 bits per heavy atom. The Labute approximate surface area is 127 Å². The van der Waals surface area contributed by atoms with Gasteiger partial charge in [-0.15, -0.1) is 0 Å². The summed E-state index contributed by atoms with van der Waals surface area (Å²) in [6.45, 7) is 7.02. The zero-order chi connectivity index (χ0) is 15.2. The molecule has 4 heteroatoms. The Balaban J connectivity index is 1.80. The molecule has 0 unspecified atom stereocenters. The van der Waals surface area contributed by atoms with Crippen LogP contribution >= 0.6 is 0 Å². The van der Waals surface area contributed by atoms with E-state index in [0.29, 0.717) is 24.1 Å². The van der Waals surface area contributed by atoms with Gasteiger partial charge in [0.15, 0.2) is 0 Å². The summed E-state index contributed by atoms with van der Waals surface area (Å²) in [6.07, 6.45) is 5.49. The average molecular weight is 290 g/mol. The Bertz CT molecular complexity index is 468. The Morgan fingerprint density at radius 2 is 2.24 bits per heavy atom. The molecule has 1 aliphatic carbocycles. The van der Waals surface area contributed by atoms with Gasteiger partial charge in [0.1, 0.15) is 11.9 Å². The van der Waals surface area contributed by atoms with Crippen LogP contribution in [0.25, 0.3) is 0 Å². The van der Waals surface area contributed by atoms with Crippen molar-refractivity contribution in [3.8, 4) is 5.88 Å². The maximum atomic E-state index is 11.7. The van der Waals surface area contributed by atoms with E-state index in [-0.39, 0.29) is 12.0 Å². The van der Waals surface area contributed by atoms with E-state index < -0.39 is 0 Å². The first-order chi connectivity index (χ1) is 10.1. The van der Waals surface area contributed by atoms with E-state index in [0.717, 1.165) is 31.4 Å². The standard InChI is InChI=1S/C17H26N2O2/c1-4-18-14-10-15(11-14)21-17-9-13(7-8-19-17)5-6-16(20)12(2)3/h7-9,12,14-15,18H,4-6,10-11H2,1-3H3/t14-,15-. The minimum atomic E-state index is 0.112. The van der Waals surface area contributed by atoms with E-state index in [4.69, 9.17) is 4.74 Å². The van der Waals surface area contributed by atoms with Crippen LogP contribution in [-0.4, -0.2) is 29.5 Å². The Hall–Kier alpha value is -1.42. The molecule has 0 atom stereocenters. The second-order valence-electron chi connectivity index (χ2n) is 6.09. The summed E-state index contributed by atoms with van der Waals surface area (Å²) in [7, 11) is 0. The molecule has 0 radical (unpaired) electrons. The van der Waals surface area contributed by atoms with Crippen molar-refractivity contribution in [2.75, 3.05) is 6.54 Å². The van der Waals surface area contributed by atoms with Gasteiger partial charge < -0.3 is 10.1 Å². The molecule has 0 aromatic carbocycles. The molecule has 1 N–H and O–H groups in total. The van der Waals surface area contributed by atoms with Gasteiger partial charge in [-0.1, -0.05) is 20.8 Å². The largest absolute Gasteiger partial charge is 0.474 e. The lowest BCUT2D eigenvalue weighted by atomic mass is 9.89. The summed E-state index contributed by atoms with van der Waals surface area (Å²) in [5.74, 6) is 1.10. The second-order valence-corrected chi connectivity index (χ2v) is 6.09. The molecule has 0 saturated heterocycles. The van der Waals surface area contributed by atoms with Crippen LogP contribution in [0.5, 0.6) is 5.88 Å². The number of rotatable bonds is 8. The van der Waals surface area contributed by atoms with E-state index in [9.17, 15) is 4.79 Å². The molecule has 1 fully saturated rings. The van der Waals surface area contributed by atoms with Crippen LogP contribution in [0.1, 0.15) is 45.6 Å². The highest BCUT2D eigenvalue weighted by Gasteiger charge is 2.30. The zero-order valence-corrected chi connectivity index (χ0v) is 13.3. The van der Waals surface area contributed by atoms with Crippen LogP contribution < -0.4 is 10.1 Å². The Kier molecular flexibility index (Phi) is 5.74. The van der Waals surface area contributed by atoms with Crippen molar-refractivity contribution < 1.29 is 9.53 Å². The minimum absolute atomic E-state index is 0.112. The molecule has 0 bridgehead atoms. The molecule has 116 valence electrons. The number of Topliss-reactive ketones (excluding diaryl/α,β-unsaturated/α-hetero) is 1. The fourth-order valence-corrected chi connectivity index (χ4v) is 2.51. The number of carbonyl (C=O) groups is 1. The highest BCUT2D eigenvalue weighted by Crippen LogP contribution is 2.25. The molecular weight excluding hydrogens is 264 g/mol. The number of aromatic nitrogens is 1. The summed E-state index contributed by atoms with van der Waals surface area (Å²) in [4.78, 5) is 15.9. The van der Waals surface area contributed by atoms with Crippen LogP contribution in [0.4, 0.5) is 0 Å². The first kappa shape index (κ1) is 16.0. The van der Waals surface area contributed by atoms with E-state index >= 15 is 0 Å². The number of ketones is 1. The molecule has 1 aromatic heterocycles. The second kappa shape index (κ2) is 7.55. The molecule has 21 heavy (non-hydrogen) atoms. The van der Waals surface area contributed by atoms with Gasteiger partial charge in [-0.3, -0.25) is 4.79 Å². The van der Waals surface area contributed by atoms with Crippen LogP contribution in [0.2, 0.25) is 0 Å².